The second kappa shape index (κ2) is 5.22. The van der Waals surface area contributed by atoms with E-state index in [2.05, 4.69) is 0 Å². The lowest BCUT2D eigenvalue weighted by Gasteiger charge is -1.97. The van der Waals surface area contributed by atoms with Crippen LogP contribution in [0.5, 0.6) is 0 Å². The van der Waals surface area contributed by atoms with Crippen LogP contribution in [0.4, 0.5) is 0 Å². The van der Waals surface area contributed by atoms with Crippen LogP contribution in [0.25, 0.3) is 0 Å². The van der Waals surface area contributed by atoms with Gasteiger partial charge in [0.15, 0.2) is 5.78 Å². The second-order valence-corrected chi connectivity index (χ2v) is 1.96. The fourth-order valence-electron chi connectivity index (χ4n) is 0.500. The topological polar surface area (TPSA) is 116 Å². The van der Waals surface area contributed by atoms with Gasteiger partial charge in [-0.2, -0.15) is 0 Å². The van der Waals surface area contributed by atoms with E-state index < -0.39 is 30.4 Å². The molecular formula is C5H8N2O5. The molecule has 68 valence electrons. The first-order chi connectivity index (χ1) is 5.60. The molecule has 0 rings (SSSR count). The largest absolute Gasteiger partial charge is 0.299 e. The summed E-state index contributed by atoms with van der Waals surface area (Å²) in [5, 5.41) is 15.9. The van der Waals surface area contributed by atoms with E-state index in [-0.39, 0.29) is 0 Å². The van der Waals surface area contributed by atoms with Gasteiger partial charge in [0.25, 0.3) is 11.8 Å². The van der Waals surface area contributed by atoms with E-state index in [1.807, 2.05) is 0 Å². The van der Waals surface area contributed by atoms with E-state index >= 15 is 0 Å². The van der Waals surface area contributed by atoms with Crippen LogP contribution >= 0.6 is 0 Å². The summed E-state index contributed by atoms with van der Waals surface area (Å²) in [6.45, 7) is 0. The number of amides is 2. The van der Waals surface area contributed by atoms with Crippen LogP contribution in [0.1, 0.15) is 12.8 Å². The molecule has 0 bridgehead atoms. The normalized spacial score (nSPS) is 8.83. The molecule has 0 aliphatic rings. The minimum Gasteiger partial charge on any atom is -0.299 e. The smallest absolute Gasteiger partial charge is 0.250 e. The molecule has 0 saturated heterocycles. The number of Topliss-reactive ketones (excluding diaryl/α,β-unsaturated/α-hetero) is 1. The number of ketones is 1. The Hall–Kier alpha value is -1.47. The van der Waals surface area contributed by atoms with Crippen molar-refractivity contribution < 1.29 is 24.8 Å². The molecule has 0 spiro atoms. The predicted molar refractivity (Wildman–Crippen MR) is 34.1 cm³/mol. The molecule has 0 heterocycles. The predicted octanol–water partition coefficient (Wildman–Crippen LogP) is -1.65. The SMILES string of the molecule is O=C(CC(=O)NO)CC(=O)NO. The zero-order valence-electron chi connectivity index (χ0n) is 6.03. The van der Waals surface area contributed by atoms with Gasteiger partial charge in [0.05, 0.1) is 12.8 Å². The van der Waals surface area contributed by atoms with E-state index in [0.717, 1.165) is 0 Å². The van der Waals surface area contributed by atoms with E-state index in [1.165, 1.54) is 11.0 Å². The summed E-state index contributed by atoms with van der Waals surface area (Å²) >= 11 is 0. The Kier molecular flexibility index (Phi) is 4.58. The Labute approximate surface area is 67.3 Å². The lowest BCUT2D eigenvalue weighted by Crippen LogP contribution is -2.26. The number of hydroxylamine groups is 2. The molecular weight excluding hydrogens is 168 g/mol. The van der Waals surface area contributed by atoms with Gasteiger partial charge in [-0.3, -0.25) is 24.8 Å². The van der Waals surface area contributed by atoms with Gasteiger partial charge in [0, 0.05) is 0 Å². The van der Waals surface area contributed by atoms with Crippen molar-refractivity contribution in [3.63, 3.8) is 0 Å². The Bertz CT molecular complexity index is 182. The Balaban J connectivity index is 3.74. The molecule has 0 aliphatic carbocycles. The third-order valence-corrected chi connectivity index (χ3v) is 0.965. The van der Waals surface area contributed by atoms with Crippen LogP contribution in [0.3, 0.4) is 0 Å². The zero-order valence-corrected chi connectivity index (χ0v) is 6.03. The number of nitrogens with one attached hydrogen (secondary N) is 2. The molecule has 0 atom stereocenters. The maximum atomic E-state index is 10.6. The molecule has 2 amide bonds. The first-order valence-electron chi connectivity index (χ1n) is 2.97. The third-order valence-electron chi connectivity index (χ3n) is 0.965. The minimum absolute atomic E-state index is 0.593. The highest BCUT2D eigenvalue weighted by molar-refractivity contribution is 6.05. The lowest BCUT2D eigenvalue weighted by molar-refractivity contribution is -0.137. The maximum Gasteiger partial charge on any atom is 0.250 e. The van der Waals surface area contributed by atoms with Crippen LogP contribution in [0.15, 0.2) is 0 Å². The van der Waals surface area contributed by atoms with Crippen molar-refractivity contribution in [3.8, 4) is 0 Å². The summed E-state index contributed by atoms with van der Waals surface area (Å²) in [6, 6.07) is 0. The molecule has 0 saturated carbocycles. The van der Waals surface area contributed by atoms with E-state index in [0.29, 0.717) is 0 Å². The maximum absolute atomic E-state index is 10.6. The third kappa shape index (κ3) is 4.36. The summed E-state index contributed by atoms with van der Waals surface area (Å²) in [4.78, 5) is 31.3. The zero-order chi connectivity index (χ0) is 9.56. The van der Waals surface area contributed by atoms with Gasteiger partial charge >= 0.3 is 0 Å². The van der Waals surface area contributed by atoms with Gasteiger partial charge in [0.2, 0.25) is 0 Å². The number of hydrogen-bond acceptors (Lipinski definition) is 5. The molecule has 7 nitrogen and oxygen atoms in total. The van der Waals surface area contributed by atoms with Crippen LogP contribution in [-0.2, 0) is 14.4 Å². The molecule has 7 heteroatoms. The monoisotopic (exact) mass is 176 g/mol. The van der Waals surface area contributed by atoms with Crippen LogP contribution in [-0.4, -0.2) is 28.0 Å². The van der Waals surface area contributed by atoms with Gasteiger partial charge in [-0.1, -0.05) is 0 Å². The van der Waals surface area contributed by atoms with Crippen molar-refractivity contribution in [2.75, 3.05) is 0 Å². The molecule has 0 radical (unpaired) electrons. The number of rotatable bonds is 4. The van der Waals surface area contributed by atoms with Gasteiger partial charge in [-0.25, -0.2) is 11.0 Å². The van der Waals surface area contributed by atoms with Crippen LogP contribution in [0.2, 0.25) is 0 Å². The molecule has 0 unspecified atom stereocenters. The second-order valence-electron chi connectivity index (χ2n) is 1.96. The van der Waals surface area contributed by atoms with Crippen molar-refractivity contribution in [1.29, 1.82) is 0 Å². The van der Waals surface area contributed by atoms with E-state index in [4.69, 9.17) is 10.4 Å². The van der Waals surface area contributed by atoms with Crippen molar-refractivity contribution >= 4 is 17.6 Å². The minimum atomic E-state index is -0.897. The number of hydrogen-bond donors (Lipinski definition) is 4. The van der Waals surface area contributed by atoms with E-state index in [1.54, 1.807) is 0 Å². The highest BCUT2D eigenvalue weighted by Gasteiger charge is 2.12. The summed E-state index contributed by atoms with van der Waals surface area (Å²) in [7, 11) is 0. The summed E-state index contributed by atoms with van der Waals surface area (Å²) in [5.41, 5.74) is 2.47. The summed E-state index contributed by atoms with van der Waals surface area (Å²) in [5.74, 6) is -2.50. The lowest BCUT2D eigenvalue weighted by atomic mass is 10.2. The van der Waals surface area contributed by atoms with Gasteiger partial charge in [-0.15, -0.1) is 0 Å². The van der Waals surface area contributed by atoms with Gasteiger partial charge in [0.1, 0.15) is 0 Å². The number of carbonyl (C=O) groups excluding carboxylic acids is 3. The first kappa shape index (κ1) is 10.5. The highest BCUT2D eigenvalue weighted by atomic mass is 16.5. The van der Waals surface area contributed by atoms with Gasteiger partial charge in [-0.05, 0) is 0 Å². The van der Waals surface area contributed by atoms with Crippen LogP contribution in [0, 0.1) is 0 Å². The first-order valence-corrected chi connectivity index (χ1v) is 2.97. The molecule has 0 aliphatic heterocycles. The molecule has 0 fully saturated rings. The fraction of sp³-hybridized carbons (Fsp3) is 0.400. The quantitative estimate of drug-likeness (QED) is 0.232. The molecule has 4 N–H and O–H groups in total. The fourth-order valence-corrected chi connectivity index (χ4v) is 0.500. The average molecular weight is 176 g/mol. The summed E-state index contributed by atoms with van der Waals surface area (Å²) < 4.78 is 0. The molecule has 12 heavy (non-hydrogen) atoms. The van der Waals surface area contributed by atoms with Crippen molar-refractivity contribution in [2.24, 2.45) is 0 Å². The Morgan fingerprint density at radius 2 is 1.25 bits per heavy atom. The van der Waals surface area contributed by atoms with Crippen molar-refractivity contribution in [3.05, 3.63) is 0 Å². The Morgan fingerprint density at radius 3 is 1.50 bits per heavy atom. The van der Waals surface area contributed by atoms with Gasteiger partial charge < -0.3 is 0 Å². The van der Waals surface area contributed by atoms with Crippen molar-refractivity contribution in [1.82, 2.24) is 11.0 Å². The average Bonchev–Trinajstić information content (AvgIpc) is 2.03. The van der Waals surface area contributed by atoms with E-state index in [9.17, 15) is 14.4 Å². The highest BCUT2D eigenvalue weighted by Crippen LogP contribution is 1.89. The van der Waals surface area contributed by atoms with Crippen LogP contribution < -0.4 is 11.0 Å². The standard InChI is InChI=1S/C5H8N2O5/c8-3(1-4(9)6-11)2-5(10)7-12/h11-12H,1-2H2,(H,6,9)(H,7,10). The summed E-state index contributed by atoms with van der Waals surface area (Å²) in [6.07, 6.45) is -1.19. The molecule has 0 aromatic carbocycles. The molecule has 0 aromatic rings. The van der Waals surface area contributed by atoms with Crippen molar-refractivity contribution in [2.45, 2.75) is 12.8 Å². The Morgan fingerprint density at radius 1 is 0.917 bits per heavy atom. The number of carbonyl (C=O) groups is 3. The molecule has 0 aromatic heterocycles.